The SMILES string of the molecule is CO[C@@H](C(=O)N/N=C\c1ccc2ccccc2c1)c1ccccc1. The molecule has 1 amide bonds. The molecule has 4 heteroatoms. The minimum Gasteiger partial charge on any atom is -0.367 e. The first-order valence-corrected chi connectivity index (χ1v) is 7.67. The van der Waals surface area contributed by atoms with Crippen molar-refractivity contribution in [1.29, 1.82) is 0 Å². The molecule has 0 aliphatic heterocycles. The van der Waals surface area contributed by atoms with Gasteiger partial charge in [0.2, 0.25) is 0 Å². The molecule has 0 aromatic heterocycles. The first-order chi connectivity index (χ1) is 11.8. The number of hydrazone groups is 1. The van der Waals surface area contributed by atoms with Gasteiger partial charge in [0, 0.05) is 7.11 Å². The van der Waals surface area contributed by atoms with Crippen LogP contribution in [0, 0.1) is 0 Å². The highest BCUT2D eigenvalue weighted by Crippen LogP contribution is 2.16. The number of fused-ring (bicyclic) bond motifs is 1. The molecule has 0 saturated carbocycles. The molecule has 0 aliphatic rings. The van der Waals surface area contributed by atoms with Gasteiger partial charge in [-0.05, 0) is 28.0 Å². The van der Waals surface area contributed by atoms with Crippen molar-refractivity contribution in [3.63, 3.8) is 0 Å². The minimum atomic E-state index is -0.681. The van der Waals surface area contributed by atoms with Crippen LogP contribution in [0.5, 0.6) is 0 Å². The zero-order valence-electron chi connectivity index (χ0n) is 13.3. The van der Waals surface area contributed by atoms with E-state index in [0.717, 1.165) is 16.5 Å². The maximum absolute atomic E-state index is 12.2. The van der Waals surface area contributed by atoms with Crippen molar-refractivity contribution >= 4 is 22.9 Å². The molecule has 24 heavy (non-hydrogen) atoms. The van der Waals surface area contributed by atoms with E-state index in [1.54, 1.807) is 6.21 Å². The van der Waals surface area contributed by atoms with Crippen molar-refractivity contribution in [2.24, 2.45) is 5.10 Å². The summed E-state index contributed by atoms with van der Waals surface area (Å²) >= 11 is 0. The summed E-state index contributed by atoms with van der Waals surface area (Å²) in [6.07, 6.45) is 0.946. The number of hydrogen-bond acceptors (Lipinski definition) is 3. The van der Waals surface area contributed by atoms with E-state index in [-0.39, 0.29) is 5.91 Å². The van der Waals surface area contributed by atoms with E-state index in [4.69, 9.17) is 4.74 Å². The van der Waals surface area contributed by atoms with Crippen LogP contribution in [0.2, 0.25) is 0 Å². The molecule has 3 aromatic carbocycles. The number of carbonyl (C=O) groups excluding carboxylic acids is 1. The van der Waals surface area contributed by atoms with Crippen molar-refractivity contribution in [1.82, 2.24) is 5.43 Å². The van der Waals surface area contributed by atoms with Gasteiger partial charge in [-0.2, -0.15) is 5.10 Å². The molecule has 0 saturated heterocycles. The largest absolute Gasteiger partial charge is 0.367 e. The standard InChI is InChI=1S/C20H18N2O2/c1-24-19(17-8-3-2-4-9-17)20(23)22-21-14-15-11-12-16-7-5-6-10-18(16)13-15/h2-14,19H,1H3,(H,22,23)/b21-14-/t19-/m1/s1. The van der Waals surface area contributed by atoms with E-state index in [9.17, 15) is 4.79 Å². The van der Waals surface area contributed by atoms with Gasteiger partial charge < -0.3 is 4.74 Å². The second-order valence-corrected chi connectivity index (χ2v) is 5.37. The maximum atomic E-state index is 12.2. The van der Waals surface area contributed by atoms with E-state index in [0.29, 0.717) is 0 Å². The predicted molar refractivity (Wildman–Crippen MR) is 95.9 cm³/mol. The molecule has 0 fully saturated rings. The van der Waals surface area contributed by atoms with E-state index in [1.807, 2.05) is 66.7 Å². The lowest BCUT2D eigenvalue weighted by Gasteiger charge is -2.13. The highest BCUT2D eigenvalue weighted by Gasteiger charge is 2.18. The van der Waals surface area contributed by atoms with Crippen molar-refractivity contribution in [2.75, 3.05) is 7.11 Å². The average Bonchev–Trinajstić information content (AvgIpc) is 2.63. The third-order valence-electron chi connectivity index (χ3n) is 3.74. The molecular formula is C20H18N2O2. The van der Waals surface area contributed by atoms with Crippen LogP contribution in [0.1, 0.15) is 17.2 Å². The third kappa shape index (κ3) is 3.67. The fourth-order valence-corrected chi connectivity index (χ4v) is 2.54. The second kappa shape index (κ2) is 7.53. The van der Waals surface area contributed by atoms with Crippen molar-refractivity contribution in [3.8, 4) is 0 Å². The van der Waals surface area contributed by atoms with Crippen LogP contribution in [0.15, 0.2) is 77.9 Å². The molecule has 0 heterocycles. The van der Waals surface area contributed by atoms with Crippen LogP contribution >= 0.6 is 0 Å². The number of rotatable bonds is 5. The van der Waals surface area contributed by atoms with Gasteiger partial charge in [0.25, 0.3) is 5.91 Å². The summed E-state index contributed by atoms with van der Waals surface area (Å²) in [5.41, 5.74) is 4.24. The molecule has 0 aliphatic carbocycles. The number of nitrogens with one attached hydrogen (secondary N) is 1. The molecule has 4 nitrogen and oxygen atoms in total. The summed E-state index contributed by atoms with van der Waals surface area (Å²) < 4.78 is 5.27. The van der Waals surface area contributed by atoms with E-state index in [1.165, 1.54) is 12.5 Å². The predicted octanol–water partition coefficient (Wildman–Crippen LogP) is 3.68. The minimum absolute atomic E-state index is 0.305. The lowest BCUT2D eigenvalue weighted by Crippen LogP contribution is -2.26. The van der Waals surface area contributed by atoms with Crippen LogP contribution in [0.3, 0.4) is 0 Å². The fraction of sp³-hybridized carbons (Fsp3) is 0.100. The van der Waals surface area contributed by atoms with Gasteiger partial charge in [0.15, 0.2) is 6.10 Å². The molecule has 0 bridgehead atoms. The van der Waals surface area contributed by atoms with E-state index in [2.05, 4.69) is 16.6 Å². The zero-order valence-corrected chi connectivity index (χ0v) is 13.3. The van der Waals surface area contributed by atoms with Gasteiger partial charge in [0.05, 0.1) is 6.21 Å². The Balaban J connectivity index is 1.69. The van der Waals surface area contributed by atoms with Crippen LogP contribution in [0.25, 0.3) is 10.8 Å². The average molecular weight is 318 g/mol. The third-order valence-corrected chi connectivity index (χ3v) is 3.74. The Labute approximate surface area is 140 Å². The number of carbonyl (C=O) groups is 1. The summed E-state index contributed by atoms with van der Waals surface area (Å²) in [4.78, 5) is 12.2. The Morgan fingerprint density at radius 3 is 2.46 bits per heavy atom. The maximum Gasteiger partial charge on any atom is 0.273 e. The van der Waals surface area contributed by atoms with Gasteiger partial charge in [-0.25, -0.2) is 5.43 Å². The number of methoxy groups -OCH3 is 1. The molecule has 1 atom stereocenters. The lowest BCUT2D eigenvalue weighted by molar-refractivity contribution is -0.131. The van der Waals surface area contributed by atoms with Gasteiger partial charge >= 0.3 is 0 Å². The molecule has 0 spiro atoms. The van der Waals surface area contributed by atoms with Gasteiger partial charge in [0.1, 0.15) is 0 Å². The number of ether oxygens (including phenoxy) is 1. The van der Waals surface area contributed by atoms with Gasteiger partial charge in [-0.1, -0.05) is 66.7 Å². The van der Waals surface area contributed by atoms with Crippen molar-refractivity contribution in [3.05, 3.63) is 83.9 Å². The van der Waals surface area contributed by atoms with Crippen LogP contribution < -0.4 is 5.43 Å². The normalized spacial score (nSPS) is 12.4. The van der Waals surface area contributed by atoms with Gasteiger partial charge in [-0.15, -0.1) is 0 Å². The summed E-state index contributed by atoms with van der Waals surface area (Å²) in [6.45, 7) is 0. The lowest BCUT2D eigenvalue weighted by atomic mass is 10.1. The quantitative estimate of drug-likeness (QED) is 0.576. The Hall–Kier alpha value is -2.98. The van der Waals surface area contributed by atoms with E-state index < -0.39 is 6.10 Å². The molecule has 3 rings (SSSR count). The highest BCUT2D eigenvalue weighted by atomic mass is 16.5. The zero-order chi connectivity index (χ0) is 16.8. The number of nitrogens with zero attached hydrogens (tertiary/aromatic N) is 1. The smallest absolute Gasteiger partial charge is 0.273 e. The topological polar surface area (TPSA) is 50.7 Å². The Morgan fingerprint density at radius 2 is 1.71 bits per heavy atom. The number of hydrogen-bond donors (Lipinski definition) is 1. The molecule has 1 N–H and O–H groups in total. The Bertz CT molecular complexity index is 860. The Kier molecular flexibility index (Phi) is 4.99. The van der Waals surface area contributed by atoms with Crippen molar-refractivity contribution < 1.29 is 9.53 Å². The summed E-state index contributed by atoms with van der Waals surface area (Å²) in [6, 6.07) is 23.4. The first-order valence-electron chi connectivity index (χ1n) is 7.67. The summed E-state index contributed by atoms with van der Waals surface area (Å²) in [5.74, 6) is -0.305. The molecule has 120 valence electrons. The number of benzene rings is 3. The monoisotopic (exact) mass is 318 g/mol. The van der Waals surface area contributed by atoms with Crippen LogP contribution in [-0.4, -0.2) is 19.2 Å². The molecule has 0 unspecified atom stereocenters. The van der Waals surface area contributed by atoms with Crippen LogP contribution in [-0.2, 0) is 9.53 Å². The van der Waals surface area contributed by atoms with Gasteiger partial charge in [-0.3, -0.25) is 4.79 Å². The highest BCUT2D eigenvalue weighted by molar-refractivity contribution is 5.91. The molecule has 0 radical (unpaired) electrons. The fourth-order valence-electron chi connectivity index (χ4n) is 2.54. The van der Waals surface area contributed by atoms with E-state index >= 15 is 0 Å². The molecule has 3 aromatic rings. The first kappa shape index (κ1) is 15.9. The second-order valence-electron chi connectivity index (χ2n) is 5.37. The molecular weight excluding hydrogens is 300 g/mol. The van der Waals surface area contributed by atoms with Crippen molar-refractivity contribution in [2.45, 2.75) is 6.10 Å². The van der Waals surface area contributed by atoms with Crippen LogP contribution in [0.4, 0.5) is 0 Å². The summed E-state index contributed by atoms with van der Waals surface area (Å²) in [5, 5.41) is 6.34. The number of amides is 1. The Morgan fingerprint density at radius 1 is 1.00 bits per heavy atom. The summed E-state index contributed by atoms with van der Waals surface area (Å²) in [7, 11) is 1.50.